The zero-order valence-corrected chi connectivity index (χ0v) is 31.0. The Morgan fingerprint density at radius 3 is 1.11 bits per heavy atom. The van der Waals surface area contributed by atoms with Gasteiger partial charge in [-0.2, -0.15) is 0 Å². The summed E-state index contributed by atoms with van der Waals surface area (Å²) in [6.45, 7) is 0. The molecule has 0 N–H and O–H groups in total. The van der Waals surface area contributed by atoms with Crippen molar-refractivity contribution in [2.45, 2.75) is 0 Å². The van der Waals surface area contributed by atoms with Crippen molar-refractivity contribution in [1.82, 2.24) is 13.7 Å². The fraction of sp³-hybridized carbons (Fsp3) is 0. The van der Waals surface area contributed by atoms with E-state index in [1.165, 1.54) is 93.4 Å². The minimum Gasteiger partial charge on any atom is -0.309 e. The van der Waals surface area contributed by atoms with Crippen LogP contribution in [0.15, 0.2) is 212 Å². The number of hydrogen-bond acceptors (Lipinski definition) is 0. The first-order valence-electron chi connectivity index (χ1n) is 19.6. The van der Waals surface area contributed by atoms with E-state index in [4.69, 9.17) is 0 Å². The van der Waals surface area contributed by atoms with Gasteiger partial charge in [0.05, 0.1) is 33.1 Å². The lowest BCUT2D eigenvalue weighted by atomic mass is 9.92. The van der Waals surface area contributed by atoms with E-state index in [2.05, 4.69) is 226 Å². The van der Waals surface area contributed by atoms with Gasteiger partial charge in [0, 0.05) is 54.9 Å². The van der Waals surface area contributed by atoms with Crippen molar-refractivity contribution in [3.05, 3.63) is 212 Å². The first kappa shape index (κ1) is 31.7. The third-order valence-corrected chi connectivity index (χ3v) is 11.8. The minimum atomic E-state index is 1.15. The van der Waals surface area contributed by atoms with Gasteiger partial charge in [0.2, 0.25) is 0 Å². The molecule has 0 saturated carbocycles. The number of nitrogens with zero attached hydrogens (tertiary/aromatic N) is 3. The van der Waals surface area contributed by atoms with E-state index >= 15 is 0 Å². The van der Waals surface area contributed by atoms with Gasteiger partial charge in [-0.3, -0.25) is 0 Å². The van der Waals surface area contributed by atoms with E-state index in [1.54, 1.807) is 0 Å². The van der Waals surface area contributed by atoms with Crippen molar-refractivity contribution < 1.29 is 0 Å². The monoisotopic (exact) mass is 725 g/mol. The van der Waals surface area contributed by atoms with Crippen molar-refractivity contribution in [2.75, 3.05) is 0 Å². The van der Waals surface area contributed by atoms with Crippen LogP contribution in [0.3, 0.4) is 0 Å². The van der Waals surface area contributed by atoms with Gasteiger partial charge in [-0.25, -0.2) is 0 Å². The molecule has 266 valence electrons. The van der Waals surface area contributed by atoms with E-state index in [0.717, 1.165) is 11.4 Å². The van der Waals surface area contributed by atoms with Gasteiger partial charge in [0.1, 0.15) is 0 Å². The van der Waals surface area contributed by atoms with E-state index in [0.29, 0.717) is 0 Å². The van der Waals surface area contributed by atoms with Crippen LogP contribution in [-0.2, 0) is 0 Å². The highest BCUT2D eigenvalue weighted by molar-refractivity contribution is 6.28. The molecule has 9 aromatic carbocycles. The topological polar surface area (TPSA) is 14.8 Å². The minimum absolute atomic E-state index is 1.15. The van der Waals surface area contributed by atoms with Crippen LogP contribution >= 0.6 is 0 Å². The summed E-state index contributed by atoms with van der Waals surface area (Å²) >= 11 is 0. The molecule has 57 heavy (non-hydrogen) atoms. The molecule has 0 amide bonds. The van der Waals surface area contributed by atoms with Gasteiger partial charge < -0.3 is 13.7 Å². The normalized spacial score (nSPS) is 11.9. The molecule has 3 aromatic heterocycles. The molecule has 3 nitrogen and oxygen atoms in total. The lowest BCUT2D eigenvalue weighted by Crippen LogP contribution is -1.96. The van der Waals surface area contributed by atoms with Gasteiger partial charge in [0.25, 0.3) is 0 Å². The molecule has 0 radical (unpaired) electrons. The second kappa shape index (κ2) is 12.5. The summed E-state index contributed by atoms with van der Waals surface area (Å²) < 4.78 is 7.26. The molecule has 3 heteroatoms. The van der Waals surface area contributed by atoms with Gasteiger partial charge >= 0.3 is 0 Å². The van der Waals surface area contributed by atoms with Crippen LogP contribution in [0.5, 0.6) is 0 Å². The van der Waals surface area contributed by atoms with E-state index in [9.17, 15) is 0 Å². The van der Waals surface area contributed by atoms with Gasteiger partial charge in [-0.1, -0.05) is 140 Å². The zero-order chi connectivity index (χ0) is 37.5. The first-order valence-corrected chi connectivity index (χ1v) is 19.6. The molecule has 0 aliphatic carbocycles. The largest absolute Gasteiger partial charge is 0.309 e. The Morgan fingerprint density at radius 2 is 0.596 bits per heavy atom. The van der Waals surface area contributed by atoms with Crippen molar-refractivity contribution in [3.8, 4) is 39.3 Å². The Bertz CT molecular complexity index is 3350. The molecule has 3 heterocycles. The molecule has 0 spiro atoms. The van der Waals surface area contributed by atoms with E-state index in [-0.39, 0.29) is 0 Å². The molecule has 0 saturated heterocycles. The highest BCUT2D eigenvalue weighted by Crippen LogP contribution is 2.47. The average molecular weight is 726 g/mol. The van der Waals surface area contributed by atoms with Crippen molar-refractivity contribution >= 4 is 65.4 Å². The summed E-state index contributed by atoms with van der Waals surface area (Å²) in [5, 5.41) is 7.53. The maximum Gasteiger partial charge on any atom is 0.0568 e. The number of aromatic nitrogens is 3. The summed E-state index contributed by atoms with van der Waals surface area (Å²) in [5.41, 5.74) is 15.5. The van der Waals surface area contributed by atoms with Crippen LogP contribution in [0, 0.1) is 0 Å². The van der Waals surface area contributed by atoms with Gasteiger partial charge in [0.15, 0.2) is 0 Å². The summed E-state index contributed by atoms with van der Waals surface area (Å²) in [4.78, 5) is 0. The highest BCUT2D eigenvalue weighted by Gasteiger charge is 2.24. The zero-order valence-electron chi connectivity index (χ0n) is 31.0. The van der Waals surface area contributed by atoms with Crippen LogP contribution in [0.25, 0.3) is 105 Å². The standard InChI is InChI=1S/C54H35N3/c1-4-16-39(17-5-1)55-46-25-13-10-22-42(46)45-34-38(32-33-49(45)55)36-28-30-37(31-29-36)52-53-43-23-11-14-26-47(43)56(40-18-6-2-7-19-40)50(53)35-51-54(52)44-24-12-15-27-48(44)57(51)41-20-8-3-9-21-41/h1-35H. The molecule has 0 atom stereocenters. The lowest BCUT2D eigenvalue weighted by Gasteiger charge is -2.13. The molecule has 0 unspecified atom stereocenters. The maximum absolute atomic E-state index is 2.44. The summed E-state index contributed by atoms with van der Waals surface area (Å²) in [5.74, 6) is 0. The molecule has 0 aliphatic rings. The smallest absolute Gasteiger partial charge is 0.0568 e. The molecular formula is C54H35N3. The first-order chi connectivity index (χ1) is 28.3. The van der Waals surface area contributed by atoms with Crippen LogP contribution < -0.4 is 0 Å². The predicted octanol–water partition coefficient (Wildman–Crippen LogP) is 14.3. The average Bonchev–Trinajstić information content (AvgIpc) is 3.92. The Balaban J connectivity index is 1.13. The van der Waals surface area contributed by atoms with Crippen LogP contribution in [0.1, 0.15) is 0 Å². The molecule has 12 aromatic rings. The van der Waals surface area contributed by atoms with Gasteiger partial charge in [-0.05, 0) is 89.5 Å². The summed E-state index contributed by atoms with van der Waals surface area (Å²) in [6, 6.07) is 77.4. The Hall–Kier alpha value is -7.62. The lowest BCUT2D eigenvalue weighted by molar-refractivity contribution is 1.16. The van der Waals surface area contributed by atoms with Crippen LogP contribution in [-0.4, -0.2) is 13.7 Å². The second-order valence-corrected chi connectivity index (χ2v) is 14.9. The predicted molar refractivity (Wildman–Crippen MR) is 240 cm³/mol. The summed E-state index contributed by atoms with van der Waals surface area (Å²) in [7, 11) is 0. The van der Waals surface area contributed by atoms with Crippen LogP contribution in [0.4, 0.5) is 0 Å². The summed E-state index contributed by atoms with van der Waals surface area (Å²) in [6.07, 6.45) is 0. The number of fused-ring (bicyclic) bond motifs is 9. The van der Waals surface area contributed by atoms with Crippen molar-refractivity contribution in [3.63, 3.8) is 0 Å². The highest BCUT2D eigenvalue weighted by atomic mass is 15.0. The maximum atomic E-state index is 2.44. The van der Waals surface area contributed by atoms with Crippen LogP contribution in [0.2, 0.25) is 0 Å². The molecule has 0 fully saturated rings. The SMILES string of the molecule is c1ccc(-n2c3ccccc3c3cc(-c4ccc(-c5c6c7ccccc7n(-c7ccccc7)c6cc6c5c5ccccc5n6-c5ccccc5)cc4)ccc32)cc1. The Labute approximate surface area is 329 Å². The Kier molecular flexibility index (Phi) is 6.93. The second-order valence-electron chi connectivity index (χ2n) is 14.9. The Morgan fingerprint density at radius 1 is 0.228 bits per heavy atom. The van der Waals surface area contributed by atoms with Crippen molar-refractivity contribution in [1.29, 1.82) is 0 Å². The van der Waals surface area contributed by atoms with Gasteiger partial charge in [-0.15, -0.1) is 0 Å². The third-order valence-electron chi connectivity index (χ3n) is 11.8. The van der Waals surface area contributed by atoms with E-state index in [1.807, 2.05) is 0 Å². The molecular weight excluding hydrogens is 691 g/mol. The number of para-hydroxylation sites is 6. The number of rotatable bonds is 5. The quantitative estimate of drug-likeness (QED) is 0.168. The number of benzene rings is 9. The van der Waals surface area contributed by atoms with E-state index < -0.39 is 0 Å². The number of hydrogen-bond donors (Lipinski definition) is 0. The fourth-order valence-corrected chi connectivity index (χ4v) is 9.41. The van der Waals surface area contributed by atoms with Crippen molar-refractivity contribution in [2.24, 2.45) is 0 Å². The fourth-order valence-electron chi connectivity index (χ4n) is 9.41. The third kappa shape index (κ3) is 4.73. The molecule has 12 rings (SSSR count). The molecule has 0 aliphatic heterocycles. The molecule has 0 bridgehead atoms.